The lowest BCUT2D eigenvalue weighted by atomic mass is 9.86. The molecule has 1 aliphatic carbocycles. The lowest BCUT2D eigenvalue weighted by Gasteiger charge is -2.37. The van der Waals surface area contributed by atoms with Crippen molar-refractivity contribution in [1.29, 1.82) is 0 Å². The largest absolute Gasteiger partial charge is 0.444 e. The van der Waals surface area contributed by atoms with E-state index in [9.17, 15) is 4.79 Å². The second-order valence-electron chi connectivity index (χ2n) is 7.01. The minimum Gasteiger partial charge on any atom is -0.444 e. The number of alkyl carbamates (subject to hydrolysis) is 1. The Morgan fingerprint density at radius 1 is 1.18 bits per heavy atom. The Labute approximate surface area is 133 Å². The van der Waals surface area contributed by atoms with Crippen LogP contribution in [0.1, 0.15) is 51.7 Å². The number of hydrogen-bond acceptors (Lipinski definition) is 3. The molecule has 0 saturated heterocycles. The summed E-state index contributed by atoms with van der Waals surface area (Å²) in [5.74, 6) is 0. The maximum atomic E-state index is 11.7. The van der Waals surface area contributed by atoms with Gasteiger partial charge in [0.15, 0.2) is 0 Å². The summed E-state index contributed by atoms with van der Waals surface area (Å²) in [7, 11) is 0. The van der Waals surface area contributed by atoms with Crippen LogP contribution in [0.5, 0.6) is 0 Å². The van der Waals surface area contributed by atoms with E-state index in [0.29, 0.717) is 6.04 Å². The zero-order valence-electron chi connectivity index (χ0n) is 14.1. The Morgan fingerprint density at radius 2 is 1.82 bits per heavy atom. The Hall–Kier alpha value is -1.55. The summed E-state index contributed by atoms with van der Waals surface area (Å²) < 4.78 is 5.27. The third kappa shape index (κ3) is 5.02. The number of carbonyl (C=O) groups is 1. The van der Waals surface area contributed by atoms with E-state index in [4.69, 9.17) is 4.74 Å². The van der Waals surface area contributed by atoms with Gasteiger partial charge in [0, 0.05) is 18.6 Å². The summed E-state index contributed by atoms with van der Waals surface area (Å²) in [6.45, 7) is 8.71. The van der Waals surface area contributed by atoms with E-state index >= 15 is 0 Å². The number of aryl methyl sites for hydroxylation is 1. The van der Waals surface area contributed by atoms with Crippen LogP contribution in [-0.2, 0) is 17.7 Å². The van der Waals surface area contributed by atoms with Crippen molar-refractivity contribution in [2.24, 2.45) is 0 Å². The standard InChI is InChI=1S/C18H28N2O2/c1-5-13-8-6-7-9-14(13)12-19-15-10-16(11-15)20-17(21)22-18(2,3)4/h6-9,15-16,19H,5,10-12H2,1-4H3,(H,20,21). The van der Waals surface area contributed by atoms with Gasteiger partial charge in [-0.1, -0.05) is 31.2 Å². The molecule has 4 nitrogen and oxygen atoms in total. The fourth-order valence-corrected chi connectivity index (χ4v) is 2.71. The summed E-state index contributed by atoms with van der Waals surface area (Å²) in [4.78, 5) is 11.7. The van der Waals surface area contributed by atoms with Gasteiger partial charge in [-0.25, -0.2) is 4.79 Å². The van der Waals surface area contributed by atoms with E-state index in [0.717, 1.165) is 25.8 Å². The van der Waals surface area contributed by atoms with Crippen molar-refractivity contribution in [3.05, 3.63) is 35.4 Å². The zero-order chi connectivity index (χ0) is 16.2. The van der Waals surface area contributed by atoms with Gasteiger partial charge in [0.05, 0.1) is 0 Å². The highest BCUT2D eigenvalue weighted by Gasteiger charge is 2.31. The number of ether oxygens (including phenoxy) is 1. The minimum atomic E-state index is -0.435. The van der Waals surface area contributed by atoms with Gasteiger partial charge >= 0.3 is 6.09 Å². The quantitative estimate of drug-likeness (QED) is 0.876. The van der Waals surface area contributed by atoms with Crippen LogP contribution < -0.4 is 10.6 Å². The number of rotatable bonds is 5. The van der Waals surface area contributed by atoms with E-state index in [2.05, 4.69) is 41.8 Å². The first kappa shape index (κ1) is 16.8. The molecule has 0 unspecified atom stereocenters. The number of nitrogens with one attached hydrogen (secondary N) is 2. The highest BCUT2D eigenvalue weighted by Crippen LogP contribution is 2.21. The normalized spacial score (nSPS) is 21.1. The molecule has 2 N–H and O–H groups in total. The topological polar surface area (TPSA) is 50.4 Å². The summed E-state index contributed by atoms with van der Waals surface area (Å²) in [5, 5.41) is 6.49. The third-order valence-electron chi connectivity index (χ3n) is 3.94. The number of carbonyl (C=O) groups excluding carboxylic acids is 1. The fourth-order valence-electron chi connectivity index (χ4n) is 2.71. The van der Waals surface area contributed by atoms with E-state index in [1.807, 2.05) is 20.8 Å². The van der Waals surface area contributed by atoms with Gasteiger partial charge in [0.1, 0.15) is 5.60 Å². The molecule has 1 amide bonds. The summed E-state index contributed by atoms with van der Waals surface area (Å²) >= 11 is 0. The van der Waals surface area contributed by atoms with Gasteiger partial charge in [0.2, 0.25) is 0 Å². The van der Waals surface area contributed by atoms with Crippen LogP contribution in [0, 0.1) is 0 Å². The fraction of sp³-hybridized carbons (Fsp3) is 0.611. The molecule has 122 valence electrons. The van der Waals surface area contributed by atoms with Crippen LogP contribution in [0.2, 0.25) is 0 Å². The monoisotopic (exact) mass is 304 g/mol. The van der Waals surface area contributed by atoms with Crippen LogP contribution in [0.3, 0.4) is 0 Å². The molecule has 1 fully saturated rings. The highest BCUT2D eigenvalue weighted by molar-refractivity contribution is 5.68. The molecular formula is C18H28N2O2. The van der Waals surface area contributed by atoms with Gasteiger partial charge in [-0.15, -0.1) is 0 Å². The van der Waals surface area contributed by atoms with Gasteiger partial charge in [-0.05, 0) is 51.2 Å². The van der Waals surface area contributed by atoms with Crippen molar-refractivity contribution in [2.75, 3.05) is 0 Å². The molecule has 0 atom stereocenters. The lowest BCUT2D eigenvalue weighted by molar-refractivity contribution is 0.0465. The van der Waals surface area contributed by atoms with Gasteiger partial charge < -0.3 is 15.4 Å². The van der Waals surface area contributed by atoms with Crippen molar-refractivity contribution in [3.8, 4) is 0 Å². The van der Waals surface area contributed by atoms with Crippen molar-refractivity contribution in [1.82, 2.24) is 10.6 Å². The van der Waals surface area contributed by atoms with Crippen molar-refractivity contribution in [2.45, 2.75) is 71.2 Å². The lowest BCUT2D eigenvalue weighted by Crippen LogP contribution is -2.53. The summed E-state index contributed by atoms with van der Waals surface area (Å²) in [6, 6.07) is 9.25. The Morgan fingerprint density at radius 3 is 2.41 bits per heavy atom. The van der Waals surface area contributed by atoms with Gasteiger partial charge in [-0.3, -0.25) is 0 Å². The van der Waals surface area contributed by atoms with Crippen LogP contribution in [-0.4, -0.2) is 23.8 Å². The molecule has 0 aliphatic heterocycles. The minimum absolute atomic E-state index is 0.230. The smallest absolute Gasteiger partial charge is 0.407 e. The molecule has 2 rings (SSSR count). The average Bonchev–Trinajstić information content (AvgIpc) is 2.39. The van der Waals surface area contributed by atoms with E-state index in [1.54, 1.807) is 0 Å². The van der Waals surface area contributed by atoms with Crippen molar-refractivity contribution in [3.63, 3.8) is 0 Å². The van der Waals surface area contributed by atoms with Gasteiger partial charge in [-0.2, -0.15) is 0 Å². The van der Waals surface area contributed by atoms with E-state index in [-0.39, 0.29) is 12.1 Å². The summed E-state index contributed by atoms with van der Waals surface area (Å²) in [6.07, 6.45) is 2.68. The molecule has 0 heterocycles. The maximum absolute atomic E-state index is 11.7. The predicted molar refractivity (Wildman–Crippen MR) is 88.8 cm³/mol. The van der Waals surface area contributed by atoms with Crippen molar-refractivity contribution < 1.29 is 9.53 Å². The molecule has 0 aromatic heterocycles. The molecule has 0 radical (unpaired) electrons. The second kappa shape index (κ2) is 7.14. The molecule has 22 heavy (non-hydrogen) atoms. The Kier molecular flexibility index (Phi) is 5.46. The first-order chi connectivity index (χ1) is 10.4. The highest BCUT2D eigenvalue weighted by atomic mass is 16.6. The Bertz CT molecular complexity index is 502. The molecule has 1 aromatic rings. The molecule has 1 aromatic carbocycles. The van der Waals surface area contributed by atoms with Crippen molar-refractivity contribution >= 4 is 6.09 Å². The summed E-state index contributed by atoms with van der Waals surface area (Å²) in [5.41, 5.74) is 2.33. The maximum Gasteiger partial charge on any atom is 0.407 e. The van der Waals surface area contributed by atoms with Crippen LogP contribution >= 0.6 is 0 Å². The third-order valence-corrected chi connectivity index (χ3v) is 3.94. The van der Waals surface area contributed by atoms with Crippen LogP contribution in [0.25, 0.3) is 0 Å². The SMILES string of the molecule is CCc1ccccc1CNC1CC(NC(=O)OC(C)(C)C)C1. The molecule has 1 aliphatic rings. The van der Waals surface area contributed by atoms with E-state index in [1.165, 1.54) is 11.1 Å². The van der Waals surface area contributed by atoms with Crippen LogP contribution in [0.4, 0.5) is 4.79 Å². The molecule has 4 heteroatoms. The number of hydrogen-bond donors (Lipinski definition) is 2. The first-order valence-electron chi connectivity index (χ1n) is 8.17. The molecule has 1 saturated carbocycles. The number of benzene rings is 1. The molecular weight excluding hydrogens is 276 g/mol. The second-order valence-corrected chi connectivity index (χ2v) is 7.01. The Balaban J connectivity index is 1.68. The average molecular weight is 304 g/mol. The zero-order valence-corrected chi connectivity index (χ0v) is 14.1. The first-order valence-corrected chi connectivity index (χ1v) is 8.17. The number of amides is 1. The van der Waals surface area contributed by atoms with E-state index < -0.39 is 5.60 Å². The van der Waals surface area contributed by atoms with Gasteiger partial charge in [0.25, 0.3) is 0 Å². The predicted octanol–water partition coefficient (Wildman–Crippen LogP) is 3.39. The molecule has 0 bridgehead atoms. The van der Waals surface area contributed by atoms with Crippen LogP contribution in [0.15, 0.2) is 24.3 Å². The molecule has 0 spiro atoms.